The van der Waals surface area contributed by atoms with Crippen LogP contribution in [0.5, 0.6) is 0 Å². The summed E-state index contributed by atoms with van der Waals surface area (Å²) in [7, 11) is -3.97. The van der Waals surface area contributed by atoms with Crippen molar-refractivity contribution in [2.75, 3.05) is 23.7 Å². The van der Waals surface area contributed by atoms with Gasteiger partial charge < -0.3 is 10.2 Å². The van der Waals surface area contributed by atoms with Crippen LogP contribution in [0.25, 0.3) is 0 Å². The molecule has 3 aromatic rings. The fourth-order valence-electron chi connectivity index (χ4n) is 4.39. The molecule has 11 heteroatoms. The van der Waals surface area contributed by atoms with E-state index >= 15 is 0 Å². The Kier molecular flexibility index (Phi) is 12.0. The number of benzene rings is 3. The van der Waals surface area contributed by atoms with Crippen molar-refractivity contribution >= 4 is 56.5 Å². The van der Waals surface area contributed by atoms with Crippen molar-refractivity contribution in [3.8, 4) is 0 Å². The zero-order chi connectivity index (χ0) is 30.9. The van der Waals surface area contributed by atoms with Crippen molar-refractivity contribution < 1.29 is 22.8 Å². The average molecular weight is 633 g/mol. The number of ketones is 1. The molecule has 42 heavy (non-hydrogen) atoms. The van der Waals surface area contributed by atoms with Crippen LogP contribution in [0.1, 0.15) is 48.2 Å². The Bertz CT molecular complexity index is 1520. The van der Waals surface area contributed by atoms with Crippen LogP contribution in [0.4, 0.5) is 5.69 Å². The number of sulfonamides is 1. The Morgan fingerprint density at radius 3 is 2.29 bits per heavy atom. The summed E-state index contributed by atoms with van der Waals surface area (Å²) in [6, 6.07) is 19.2. The molecule has 0 fully saturated rings. The molecule has 1 atom stereocenters. The lowest BCUT2D eigenvalue weighted by Crippen LogP contribution is -2.53. The van der Waals surface area contributed by atoms with E-state index in [4.69, 9.17) is 23.2 Å². The number of amides is 2. The first-order chi connectivity index (χ1) is 19.9. The summed E-state index contributed by atoms with van der Waals surface area (Å²) < 4.78 is 26.8. The van der Waals surface area contributed by atoms with Crippen LogP contribution in [-0.2, 0) is 32.6 Å². The SMILES string of the molecule is CCCCNC(=O)[C@@H](Cc1ccccc1)N(Cc1ccc(Cl)cc1Cl)C(=O)CN(c1cccc(C(C)=O)c1)S(C)(=O)=O. The number of nitrogens with one attached hydrogen (secondary N) is 1. The number of unbranched alkanes of at least 4 members (excludes halogenated alkanes) is 1. The van der Waals surface area contributed by atoms with E-state index in [9.17, 15) is 22.8 Å². The van der Waals surface area contributed by atoms with Crippen molar-refractivity contribution in [2.24, 2.45) is 0 Å². The summed E-state index contributed by atoms with van der Waals surface area (Å²) in [6.45, 7) is 3.14. The molecule has 3 rings (SSSR count). The highest BCUT2D eigenvalue weighted by atomic mass is 35.5. The molecule has 0 aliphatic rings. The van der Waals surface area contributed by atoms with Gasteiger partial charge in [-0.15, -0.1) is 0 Å². The fourth-order valence-corrected chi connectivity index (χ4v) is 5.70. The summed E-state index contributed by atoms with van der Waals surface area (Å²) in [5.41, 5.74) is 1.83. The van der Waals surface area contributed by atoms with E-state index in [1.54, 1.807) is 30.3 Å². The number of carbonyl (C=O) groups is 3. The van der Waals surface area contributed by atoms with Crippen molar-refractivity contribution in [3.05, 3.63) is 99.5 Å². The van der Waals surface area contributed by atoms with Gasteiger partial charge in [-0.2, -0.15) is 0 Å². The number of carbonyl (C=O) groups excluding carboxylic acids is 3. The zero-order valence-electron chi connectivity index (χ0n) is 23.8. The van der Waals surface area contributed by atoms with Gasteiger partial charge in [-0.1, -0.05) is 85.1 Å². The van der Waals surface area contributed by atoms with E-state index < -0.39 is 28.5 Å². The van der Waals surface area contributed by atoms with Crippen molar-refractivity contribution in [3.63, 3.8) is 0 Å². The lowest BCUT2D eigenvalue weighted by molar-refractivity contribution is -0.140. The molecule has 0 aliphatic heterocycles. The van der Waals surface area contributed by atoms with Crippen molar-refractivity contribution in [1.82, 2.24) is 10.2 Å². The Labute approximate surface area is 257 Å². The molecular weight excluding hydrogens is 597 g/mol. The third-order valence-corrected chi connectivity index (χ3v) is 8.40. The van der Waals surface area contributed by atoms with Gasteiger partial charge in [0.2, 0.25) is 21.8 Å². The van der Waals surface area contributed by atoms with E-state index in [0.29, 0.717) is 27.7 Å². The molecule has 8 nitrogen and oxygen atoms in total. The molecule has 0 aromatic heterocycles. The Morgan fingerprint density at radius 1 is 0.952 bits per heavy atom. The lowest BCUT2D eigenvalue weighted by atomic mass is 10.0. The Hall–Kier alpha value is -3.40. The fraction of sp³-hybridized carbons (Fsp3) is 0.323. The zero-order valence-corrected chi connectivity index (χ0v) is 26.2. The second-order valence-electron chi connectivity index (χ2n) is 9.98. The van der Waals surface area contributed by atoms with Gasteiger partial charge in [0.25, 0.3) is 0 Å². The van der Waals surface area contributed by atoms with Gasteiger partial charge in [-0.05, 0) is 48.7 Å². The highest BCUT2D eigenvalue weighted by molar-refractivity contribution is 7.92. The minimum atomic E-state index is -3.97. The van der Waals surface area contributed by atoms with Gasteiger partial charge in [0.15, 0.2) is 5.78 Å². The Balaban J connectivity index is 2.08. The van der Waals surface area contributed by atoms with Crippen LogP contribution in [0.2, 0.25) is 10.0 Å². The summed E-state index contributed by atoms with van der Waals surface area (Å²) in [6.07, 6.45) is 2.80. The molecule has 0 radical (unpaired) electrons. The number of anilines is 1. The number of nitrogens with zero attached hydrogens (tertiary/aromatic N) is 2. The van der Waals surface area contributed by atoms with Crippen molar-refractivity contribution in [1.29, 1.82) is 0 Å². The summed E-state index contributed by atoms with van der Waals surface area (Å²) >= 11 is 12.6. The quantitative estimate of drug-likeness (QED) is 0.186. The molecule has 0 spiro atoms. The molecule has 0 unspecified atom stereocenters. The number of Topliss-reactive ketones (excluding diaryl/α,β-unsaturated/α-hetero) is 1. The van der Waals surface area contributed by atoms with Crippen LogP contribution in [0, 0.1) is 0 Å². The van der Waals surface area contributed by atoms with Gasteiger partial charge in [-0.25, -0.2) is 8.42 Å². The number of halogens is 2. The Morgan fingerprint density at radius 2 is 1.67 bits per heavy atom. The van der Waals surface area contributed by atoms with Crippen LogP contribution in [-0.4, -0.2) is 56.3 Å². The topological polar surface area (TPSA) is 104 Å². The number of rotatable bonds is 14. The first-order valence-electron chi connectivity index (χ1n) is 13.5. The maximum Gasteiger partial charge on any atom is 0.244 e. The minimum absolute atomic E-state index is 0.0708. The van der Waals surface area contributed by atoms with Crippen LogP contribution >= 0.6 is 23.2 Å². The molecule has 224 valence electrons. The highest BCUT2D eigenvalue weighted by Crippen LogP contribution is 2.25. The molecule has 0 saturated heterocycles. The van der Waals surface area contributed by atoms with Gasteiger partial charge in [0.1, 0.15) is 12.6 Å². The predicted molar refractivity (Wildman–Crippen MR) is 167 cm³/mol. The first kappa shape index (κ1) is 33.1. The van der Waals surface area contributed by atoms with E-state index in [-0.39, 0.29) is 30.3 Å². The summed E-state index contributed by atoms with van der Waals surface area (Å²) in [5.74, 6) is -1.23. The number of hydrogen-bond acceptors (Lipinski definition) is 5. The smallest absolute Gasteiger partial charge is 0.244 e. The van der Waals surface area contributed by atoms with E-state index in [1.807, 2.05) is 37.3 Å². The molecule has 0 heterocycles. The van der Waals surface area contributed by atoms with Gasteiger partial charge in [0, 0.05) is 35.1 Å². The first-order valence-corrected chi connectivity index (χ1v) is 16.1. The normalized spacial score (nSPS) is 11.9. The van der Waals surface area contributed by atoms with Gasteiger partial charge >= 0.3 is 0 Å². The molecule has 0 bridgehead atoms. The molecule has 0 saturated carbocycles. The second-order valence-corrected chi connectivity index (χ2v) is 12.7. The predicted octanol–water partition coefficient (Wildman–Crippen LogP) is 5.52. The third kappa shape index (κ3) is 9.31. The number of hydrogen-bond donors (Lipinski definition) is 1. The molecule has 3 aromatic carbocycles. The highest BCUT2D eigenvalue weighted by Gasteiger charge is 2.33. The average Bonchev–Trinajstić information content (AvgIpc) is 2.94. The molecule has 0 aliphatic carbocycles. The summed E-state index contributed by atoms with van der Waals surface area (Å²) in [5, 5.41) is 3.64. The van der Waals surface area contributed by atoms with Crippen LogP contribution in [0.3, 0.4) is 0 Å². The molecule has 2 amide bonds. The largest absolute Gasteiger partial charge is 0.354 e. The third-order valence-electron chi connectivity index (χ3n) is 6.68. The maximum absolute atomic E-state index is 14.1. The molecular formula is C31H35Cl2N3O5S. The summed E-state index contributed by atoms with van der Waals surface area (Å²) in [4.78, 5) is 41.1. The van der Waals surface area contributed by atoms with Crippen LogP contribution < -0.4 is 9.62 Å². The van der Waals surface area contributed by atoms with Gasteiger partial charge in [-0.3, -0.25) is 18.7 Å². The molecule has 1 N–H and O–H groups in total. The monoisotopic (exact) mass is 631 g/mol. The second kappa shape index (κ2) is 15.2. The minimum Gasteiger partial charge on any atom is -0.354 e. The lowest BCUT2D eigenvalue weighted by Gasteiger charge is -2.33. The van der Waals surface area contributed by atoms with Crippen LogP contribution in [0.15, 0.2) is 72.8 Å². The standard InChI is InChI=1S/C31H35Cl2N3O5S/c1-4-5-16-34-31(39)29(17-23-10-7-6-8-11-23)35(20-25-14-15-26(32)19-28(25)33)30(38)21-36(42(3,40)41)27-13-9-12-24(18-27)22(2)37/h6-15,18-19,29H,4-5,16-17,20-21H2,1-3H3,(H,34,39)/t29-/m1/s1. The van der Waals surface area contributed by atoms with Gasteiger partial charge in [0.05, 0.1) is 11.9 Å². The maximum atomic E-state index is 14.1. The van der Waals surface area contributed by atoms with E-state index in [2.05, 4.69) is 5.32 Å². The van der Waals surface area contributed by atoms with Crippen molar-refractivity contribution in [2.45, 2.75) is 45.7 Å². The van der Waals surface area contributed by atoms with E-state index in [1.165, 1.54) is 24.0 Å². The van der Waals surface area contributed by atoms with E-state index in [0.717, 1.165) is 29.0 Å².